The quantitative estimate of drug-likeness (QED) is 0.613. The van der Waals surface area contributed by atoms with Crippen LogP contribution in [0, 0.1) is 17.0 Å². The van der Waals surface area contributed by atoms with Gasteiger partial charge in [0.05, 0.1) is 18.6 Å². The minimum atomic E-state index is -0.625. The number of methoxy groups -OCH3 is 1. The molecular weight excluding hydrogens is 256 g/mol. The molecule has 0 aliphatic heterocycles. The van der Waals surface area contributed by atoms with E-state index in [0.29, 0.717) is 11.7 Å². The van der Waals surface area contributed by atoms with E-state index in [4.69, 9.17) is 9.26 Å². The third-order valence-electron chi connectivity index (χ3n) is 2.14. The molecule has 10 heteroatoms. The highest BCUT2D eigenvalue weighted by atomic mass is 16.6. The van der Waals surface area contributed by atoms with Crippen molar-refractivity contribution in [1.82, 2.24) is 20.1 Å². The van der Waals surface area contributed by atoms with Crippen molar-refractivity contribution in [2.45, 2.75) is 13.5 Å². The summed E-state index contributed by atoms with van der Waals surface area (Å²) in [6.45, 7) is 1.78. The Morgan fingerprint density at radius 1 is 1.53 bits per heavy atom. The number of anilines is 1. The maximum Gasteiger partial charge on any atom is 0.372 e. The van der Waals surface area contributed by atoms with Gasteiger partial charge in [0, 0.05) is 0 Å². The second kappa shape index (κ2) is 5.25. The van der Waals surface area contributed by atoms with Crippen LogP contribution in [0.3, 0.4) is 0 Å². The lowest BCUT2D eigenvalue weighted by atomic mass is 10.4. The van der Waals surface area contributed by atoms with Crippen LogP contribution in [-0.2, 0) is 6.54 Å². The van der Waals surface area contributed by atoms with Crippen LogP contribution in [0.4, 0.5) is 11.5 Å². The van der Waals surface area contributed by atoms with Gasteiger partial charge >= 0.3 is 5.69 Å². The highest BCUT2D eigenvalue weighted by molar-refractivity contribution is 5.60. The molecule has 0 saturated carbocycles. The van der Waals surface area contributed by atoms with Gasteiger partial charge in [-0.05, 0) is 6.92 Å². The van der Waals surface area contributed by atoms with E-state index in [0.717, 1.165) is 6.33 Å². The monoisotopic (exact) mass is 266 g/mol. The average molecular weight is 266 g/mol. The molecule has 0 bridgehead atoms. The van der Waals surface area contributed by atoms with Gasteiger partial charge in [0.25, 0.3) is 5.88 Å². The lowest BCUT2D eigenvalue weighted by Gasteiger charge is -2.05. The molecule has 1 N–H and O–H groups in total. The first kappa shape index (κ1) is 12.7. The topological polar surface area (TPSA) is 129 Å². The maximum absolute atomic E-state index is 11.0. The fraction of sp³-hybridized carbons (Fsp3) is 0.333. The first-order valence-corrected chi connectivity index (χ1v) is 5.18. The lowest BCUT2D eigenvalue weighted by Crippen LogP contribution is -2.07. The normalized spacial score (nSPS) is 10.2. The third kappa shape index (κ3) is 2.73. The number of aromatic nitrogens is 4. The molecule has 2 rings (SSSR count). The molecule has 0 amide bonds. The summed E-state index contributed by atoms with van der Waals surface area (Å²) in [5.41, 5.74) is -0.346. The summed E-state index contributed by atoms with van der Waals surface area (Å²) in [6.07, 6.45) is 1.16. The van der Waals surface area contributed by atoms with Gasteiger partial charge < -0.3 is 14.6 Å². The summed E-state index contributed by atoms with van der Waals surface area (Å²) in [7, 11) is 1.29. The molecule has 0 spiro atoms. The van der Waals surface area contributed by atoms with Crippen molar-refractivity contribution >= 4 is 11.5 Å². The van der Waals surface area contributed by atoms with Crippen molar-refractivity contribution in [1.29, 1.82) is 0 Å². The summed E-state index contributed by atoms with van der Waals surface area (Å²) >= 11 is 0. The summed E-state index contributed by atoms with van der Waals surface area (Å²) in [6, 6.07) is 0. The van der Waals surface area contributed by atoms with Gasteiger partial charge in [0.2, 0.25) is 11.7 Å². The van der Waals surface area contributed by atoms with E-state index in [-0.39, 0.29) is 23.9 Å². The minimum absolute atomic E-state index is 0.0210. The number of aryl methyl sites for hydroxylation is 1. The van der Waals surface area contributed by atoms with Gasteiger partial charge in [-0.1, -0.05) is 5.16 Å². The number of ether oxygens (including phenoxy) is 1. The fourth-order valence-electron chi connectivity index (χ4n) is 1.38. The molecule has 0 atom stereocenters. The molecule has 2 aromatic heterocycles. The van der Waals surface area contributed by atoms with E-state index < -0.39 is 4.92 Å². The first-order chi connectivity index (χ1) is 9.11. The van der Waals surface area contributed by atoms with Gasteiger partial charge in [0.15, 0.2) is 5.82 Å². The van der Waals surface area contributed by atoms with Crippen molar-refractivity contribution in [3.63, 3.8) is 0 Å². The molecule has 2 heterocycles. The molecule has 0 saturated heterocycles. The third-order valence-corrected chi connectivity index (χ3v) is 2.14. The number of nitrogens with one attached hydrogen (secondary N) is 1. The molecule has 10 nitrogen and oxygen atoms in total. The Morgan fingerprint density at radius 2 is 2.32 bits per heavy atom. The van der Waals surface area contributed by atoms with Crippen molar-refractivity contribution in [2.24, 2.45) is 0 Å². The summed E-state index contributed by atoms with van der Waals surface area (Å²) in [5, 5.41) is 17.3. The first-order valence-electron chi connectivity index (χ1n) is 5.18. The maximum atomic E-state index is 11.0. The van der Waals surface area contributed by atoms with Crippen LogP contribution in [0.15, 0.2) is 10.9 Å². The van der Waals surface area contributed by atoms with Gasteiger partial charge in [0.1, 0.15) is 6.33 Å². The number of nitrogens with zero attached hydrogens (tertiary/aromatic N) is 5. The van der Waals surface area contributed by atoms with Crippen LogP contribution in [0.2, 0.25) is 0 Å². The van der Waals surface area contributed by atoms with E-state index in [1.54, 1.807) is 6.92 Å². The summed E-state index contributed by atoms with van der Waals surface area (Å²) in [4.78, 5) is 21.8. The molecule has 19 heavy (non-hydrogen) atoms. The molecule has 0 fully saturated rings. The molecule has 2 aromatic rings. The van der Waals surface area contributed by atoms with Crippen molar-refractivity contribution < 1.29 is 14.2 Å². The smallest absolute Gasteiger partial charge is 0.372 e. The van der Waals surface area contributed by atoms with Crippen LogP contribution in [0.25, 0.3) is 0 Å². The summed E-state index contributed by atoms with van der Waals surface area (Å²) < 4.78 is 9.69. The molecule has 0 radical (unpaired) electrons. The molecule has 100 valence electrons. The molecule has 0 aliphatic rings. The van der Waals surface area contributed by atoms with E-state index in [1.807, 2.05) is 0 Å². The Balaban J connectivity index is 2.22. The van der Waals surface area contributed by atoms with Crippen LogP contribution < -0.4 is 10.1 Å². The molecule has 0 aliphatic carbocycles. The van der Waals surface area contributed by atoms with Crippen LogP contribution in [0.5, 0.6) is 5.88 Å². The number of rotatable bonds is 5. The zero-order valence-electron chi connectivity index (χ0n) is 10.2. The number of hydrogen-bond donors (Lipinski definition) is 1. The standard InChI is InChI=1S/C9H10N6O4/c1-5-13-6(19-14-5)3-10-8-7(15(16)17)9(18-2)12-4-11-8/h4H,3H2,1-2H3,(H,10,11,12). The SMILES string of the molecule is COc1ncnc(NCc2nc(C)no2)c1[N+](=O)[O-]. The van der Waals surface area contributed by atoms with E-state index in [9.17, 15) is 10.1 Å². The van der Waals surface area contributed by atoms with Gasteiger partial charge in [-0.2, -0.15) is 9.97 Å². The van der Waals surface area contributed by atoms with Gasteiger partial charge in [-0.25, -0.2) is 4.98 Å². The Kier molecular flexibility index (Phi) is 3.50. The number of hydrogen-bond acceptors (Lipinski definition) is 9. The van der Waals surface area contributed by atoms with E-state index in [1.165, 1.54) is 7.11 Å². The highest BCUT2D eigenvalue weighted by Crippen LogP contribution is 2.30. The van der Waals surface area contributed by atoms with Crippen molar-refractivity contribution in [3.8, 4) is 5.88 Å². The van der Waals surface area contributed by atoms with Crippen molar-refractivity contribution in [3.05, 3.63) is 28.2 Å². The molecule has 0 unspecified atom stereocenters. The minimum Gasteiger partial charge on any atom is -0.476 e. The molecule has 0 aromatic carbocycles. The Morgan fingerprint density at radius 3 is 2.89 bits per heavy atom. The zero-order chi connectivity index (χ0) is 13.8. The van der Waals surface area contributed by atoms with Crippen molar-refractivity contribution in [2.75, 3.05) is 12.4 Å². The Labute approximate surface area is 107 Å². The Bertz CT molecular complexity index is 598. The second-order valence-corrected chi connectivity index (χ2v) is 3.43. The van der Waals surface area contributed by atoms with Crippen LogP contribution >= 0.6 is 0 Å². The fourth-order valence-corrected chi connectivity index (χ4v) is 1.38. The van der Waals surface area contributed by atoms with Crippen LogP contribution in [-0.4, -0.2) is 32.1 Å². The largest absolute Gasteiger partial charge is 0.476 e. The lowest BCUT2D eigenvalue weighted by molar-refractivity contribution is -0.385. The second-order valence-electron chi connectivity index (χ2n) is 3.43. The van der Waals surface area contributed by atoms with Gasteiger partial charge in [-0.15, -0.1) is 0 Å². The average Bonchev–Trinajstić information content (AvgIpc) is 2.81. The Hall–Kier alpha value is -2.78. The van der Waals surface area contributed by atoms with E-state index >= 15 is 0 Å². The number of nitro groups is 1. The molecular formula is C9H10N6O4. The highest BCUT2D eigenvalue weighted by Gasteiger charge is 2.23. The van der Waals surface area contributed by atoms with Crippen LogP contribution in [0.1, 0.15) is 11.7 Å². The predicted octanol–water partition coefficient (Wildman–Crippen LogP) is 0.697. The predicted molar refractivity (Wildman–Crippen MR) is 61.6 cm³/mol. The van der Waals surface area contributed by atoms with E-state index in [2.05, 4.69) is 25.4 Å². The zero-order valence-corrected chi connectivity index (χ0v) is 10.2. The van der Waals surface area contributed by atoms with Gasteiger partial charge in [-0.3, -0.25) is 10.1 Å². The summed E-state index contributed by atoms with van der Waals surface area (Å²) in [5.74, 6) is 0.674.